The van der Waals surface area contributed by atoms with Crippen LogP contribution in [0.25, 0.3) is 22.4 Å². The monoisotopic (exact) mass is 440 g/mol. The molecule has 0 fully saturated rings. The van der Waals surface area contributed by atoms with Gasteiger partial charge in [-0.05, 0) is 30.7 Å². The number of rotatable bonds is 4. The molecule has 0 saturated carbocycles. The third-order valence-electron chi connectivity index (χ3n) is 4.60. The summed E-state index contributed by atoms with van der Waals surface area (Å²) in [5, 5.41) is 14.0. The largest absolute Gasteiger partial charge is 0.268 e. The highest BCUT2D eigenvalue weighted by molar-refractivity contribution is 7.98. The van der Waals surface area contributed by atoms with Gasteiger partial charge in [-0.1, -0.05) is 58.2 Å². The van der Waals surface area contributed by atoms with Crippen LogP contribution in [0.5, 0.6) is 0 Å². The van der Waals surface area contributed by atoms with Crippen LogP contribution in [-0.4, -0.2) is 28.8 Å². The molecule has 7 nitrogen and oxygen atoms in total. The van der Waals surface area contributed by atoms with E-state index in [-0.39, 0.29) is 5.56 Å². The molecule has 0 saturated heterocycles. The fourth-order valence-electron chi connectivity index (χ4n) is 3.22. The molecule has 0 atom stereocenters. The van der Waals surface area contributed by atoms with Crippen LogP contribution in [0.1, 0.15) is 11.3 Å². The molecule has 5 rings (SSSR count). The summed E-state index contributed by atoms with van der Waals surface area (Å²) in [6, 6.07) is 15.2. The zero-order valence-corrected chi connectivity index (χ0v) is 17.5. The molecule has 0 amide bonds. The number of thioether (sulfide) groups is 1. The molecule has 0 bridgehead atoms. The van der Waals surface area contributed by atoms with Gasteiger partial charge in [-0.3, -0.25) is 9.20 Å². The molecule has 0 aliphatic carbocycles. The molecule has 10 heteroatoms. The van der Waals surface area contributed by atoms with Crippen molar-refractivity contribution in [2.24, 2.45) is 0 Å². The first kappa shape index (κ1) is 18.3. The third kappa shape index (κ3) is 3.02. The molecule has 0 N–H and O–H groups in total. The molecule has 0 spiro atoms. The van der Waals surface area contributed by atoms with Gasteiger partial charge < -0.3 is 0 Å². The number of hydrogen-bond acceptors (Lipinski definition) is 7. The minimum Gasteiger partial charge on any atom is -0.268 e. The van der Waals surface area contributed by atoms with E-state index in [0.717, 1.165) is 28.3 Å². The number of nitrogens with zero attached hydrogens (tertiary/aromatic N) is 6. The van der Waals surface area contributed by atoms with Gasteiger partial charge in [0.15, 0.2) is 5.16 Å². The van der Waals surface area contributed by atoms with Crippen LogP contribution >= 0.6 is 34.9 Å². The van der Waals surface area contributed by atoms with Gasteiger partial charge in [-0.2, -0.15) is 0 Å². The molecule has 3 aromatic heterocycles. The SMILES string of the molecule is Cc1ccccc1-n1c(=O)c2ccccc2n2c(SCc3nnsc3Cl)nnc12. The van der Waals surface area contributed by atoms with Gasteiger partial charge in [0, 0.05) is 17.3 Å². The predicted octanol–water partition coefficient (Wildman–Crippen LogP) is 4.14. The second-order valence-corrected chi connectivity index (χ2v) is 8.64. The lowest BCUT2D eigenvalue weighted by atomic mass is 10.2. The van der Waals surface area contributed by atoms with Crippen LogP contribution in [-0.2, 0) is 5.75 Å². The van der Waals surface area contributed by atoms with E-state index in [1.807, 2.05) is 59.9 Å². The molecule has 0 radical (unpaired) electrons. The molecule has 3 heterocycles. The average molecular weight is 441 g/mol. The topological polar surface area (TPSA) is 78.0 Å². The van der Waals surface area contributed by atoms with Gasteiger partial charge in [-0.15, -0.1) is 15.3 Å². The molecule has 0 aliphatic rings. The second kappa shape index (κ2) is 7.25. The van der Waals surface area contributed by atoms with Crippen molar-refractivity contribution in [3.05, 3.63) is 74.5 Å². The van der Waals surface area contributed by atoms with Gasteiger partial charge in [0.05, 0.1) is 16.6 Å². The highest BCUT2D eigenvalue weighted by atomic mass is 35.5. The Hall–Kier alpha value is -2.75. The summed E-state index contributed by atoms with van der Waals surface area (Å²) >= 11 is 8.73. The molecule has 5 aromatic rings. The molecule has 2 aromatic carbocycles. The van der Waals surface area contributed by atoms with Crippen LogP contribution in [0.15, 0.2) is 58.5 Å². The van der Waals surface area contributed by atoms with Gasteiger partial charge in [0.2, 0.25) is 5.78 Å². The third-order valence-corrected chi connectivity index (χ3v) is 6.52. The predicted molar refractivity (Wildman–Crippen MR) is 115 cm³/mol. The highest BCUT2D eigenvalue weighted by Crippen LogP contribution is 2.28. The lowest BCUT2D eigenvalue weighted by molar-refractivity contribution is 0.926. The van der Waals surface area contributed by atoms with Gasteiger partial charge in [0.25, 0.3) is 5.56 Å². The Bertz CT molecular complexity index is 1420. The Labute approximate surface area is 178 Å². The first-order valence-electron chi connectivity index (χ1n) is 8.69. The minimum atomic E-state index is -0.127. The molecular weight excluding hydrogens is 428 g/mol. The van der Waals surface area contributed by atoms with Crippen molar-refractivity contribution in [3.63, 3.8) is 0 Å². The number of aromatic nitrogens is 6. The number of hydrogen-bond donors (Lipinski definition) is 0. The van der Waals surface area contributed by atoms with Gasteiger partial charge in [-0.25, -0.2) is 4.57 Å². The Morgan fingerprint density at radius 1 is 1.07 bits per heavy atom. The van der Waals surface area contributed by atoms with Crippen molar-refractivity contribution >= 4 is 51.6 Å². The van der Waals surface area contributed by atoms with Gasteiger partial charge in [0.1, 0.15) is 10.0 Å². The van der Waals surface area contributed by atoms with E-state index < -0.39 is 0 Å². The van der Waals surface area contributed by atoms with Crippen molar-refractivity contribution < 1.29 is 0 Å². The van der Waals surface area contributed by atoms with Gasteiger partial charge >= 0.3 is 0 Å². The molecular formula is C19H13ClN6OS2. The lowest BCUT2D eigenvalue weighted by Gasteiger charge is -2.13. The second-order valence-electron chi connectivity index (χ2n) is 6.34. The molecule has 0 unspecified atom stereocenters. The summed E-state index contributed by atoms with van der Waals surface area (Å²) in [6.07, 6.45) is 0. The number of halogens is 1. The molecule has 144 valence electrons. The number of benzene rings is 2. The van der Waals surface area contributed by atoms with Crippen LogP contribution in [0.2, 0.25) is 4.34 Å². The van der Waals surface area contributed by atoms with E-state index in [1.165, 1.54) is 11.8 Å². The summed E-state index contributed by atoms with van der Waals surface area (Å²) in [4.78, 5) is 13.3. The smallest absolute Gasteiger partial charge is 0.267 e. The number of aryl methyl sites for hydroxylation is 1. The molecule has 29 heavy (non-hydrogen) atoms. The van der Waals surface area contributed by atoms with Crippen molar-refractivity contribution in [3.8, 4) is 5.69 Å². The molecule has 0 aliphatic heterocycles. The van der Waals surface area contributed by atoms with Crippen molar-refractivity contribution in [1.82, 2.24) is 28.8 Å². The zero-order chi connectivity index (χ0) is 20.0. The highest BCUT2D eigenvalue weighted by Gasteiger charge is 2.19. The van der Waals surface area contributed by atoms with Crippen LogP contribution in [0.3, 0.4) is 0 Å². The Morgan fingerprint density at radius 2 is 1.86 bits per heavy atom. The van der Waals surface area contributed by atoms with E-state index in [4.69, 9.17) is 11.6 Å². The average Bonchev–Trinajstić information content (AvgIpc) is 3.34. The van der Waals surface area contributed by atoms with Crippen LogP contribution in [0, 0.1) is 6.92 Å². The van der Waals surface area contributed by atoms with E-state index in [0.29, 0.717) is 32.1 Å². The summed E-state index contributed by atoms with van der Waals surface area (Å²) < 4.78 is 7.95. The Balaban J connectivity index is 1.77. The summed E-state index contributed by atoms with van der Waals surface area (Å²) in [5.74, 6) is 0.974. The van der Waals surface area contributed by atoms with Crippen molar-refractivity contribution in [2.75, 3.05) is 0 Å². The fraction of sp³-hybridized carbons (Fsp3) is 0.105. The maximum atomic E-state index is 13.3. The normalized spacial score (nSPS) is 11.5. The van der Waals surface area contributed by atoms with E-state index >= 15 is 0 Å². The van der Waals surface area contributed by atoms with Crippen LogP contribution in [0.4, 0.5) is 0 Å². The zero-order valence-electron chi connectivity index (χ0n) is 15.1. The standard InChI is InChI=1S/C19H13ClN6OS2/c1-11-6-2-4-8-14(11)25-17(27)12-7-3-5-9-15(12)26-18(25)22-23-19(26)28-10-13-16(20)29-24-21-13/h2-9H,10H2,1H3. The quantitative estimate of drug-likeness (QED) is 0.391. The lowest BCUT2D eigenvalue weighted by Crippen LogP contribution is -2.22. The maximum absolute atomic E-state index is 13.3. The first-order chi connectivity index (χ1) is 14.1. The van der Waals surface area contributed by atoms with Crippen LogP contribution < -0.4 is 5.56 Å². The summed E-state index contributed by atoms with van der Waals surface area (Å²) in [5.41, 5.74) is 3.09. The maximum Gasteiger partial charge on any atom is 0.267 e. The van der Waals surface area contributed by atoms with E-state index in [9.17, 15) is 4.79 Å². The first-order valence-corrected chi connectivity index (χ1v) is 10.8. The van der Waals surface area contributed by atoms with Crippen molar-refractivity contribution in [1.29, 1.82) is 0 Å². The minimum absolute atomic E-state index is 0.127. The number of para-hydroxylation sites is 2. The number of fused-ring (bicyclic) bond motifs is 3. The van der Waals surface area contributed by atoms with Crippen molar-refractivity contribution in [2.45, 2.75) is 17.8 Å². The summed E-state index contributed by atoms with van der Waals surface area (Å²) in [7, 11) is 0. The Morgan fingerprint density at radius 3 is 2.66 bits per heavy atom. The Kier molecular flexibility index (Phi) is 4.57. The summed E-state index contributed by atoms with van der Waals surface area (Å²) in [6.45, 7) is 1.97. The van der Waals surface area contributed by atoms with E-state index in [1.54, 1.807) is 4.57 Å². The fourth-order valence-corrected chi connectivity index (χ4v) is 4.89. The van der Waals surface area contributed by atoms with E-state index in [2.05, 4.69) is 19.8 Å².